The Morgan fingerprint density at radius 1 is 1.10 bits per heavy atom. The van der Waals surface area contributed by atoms with Crippen molar-refractivity contribution in [1.82, 2.24) is 24.5 Å². The number of aliphatic hydroxyl groups excluding tert-OH is 1. The van der Waals surface area contributed by atoms with E-state index in [-0.39, 0.29) is 11.4 Å². The molecule has 8 nitrogen and oxygen atoms in total. The molecule has 0 saturated carbocycles. The van der Waals surface area contributed by atoms with Crippen LogP contribution < -0.4 is 4.72 Å². The van der Waals surface area contributed by atoms with Gasteiger partial charge >= 0.3 is 0 Å². The first kappa shape index (κ1) is 19.4. The van der Waals surface area contributed by atoms with Crippen LogP contribution in [0.5, 0.6) is 0 Å². The van der Waals surface area contributed by atoms with E-state index in [1.54, 1.807) is 23.6 Å². The fraction of sp³-hybridized carbons (Fsp3) is 0.250. The van der Waals surface area contributed by atoms with E-state index < -0.39 is 16.1 Å². The van der Waals surface area contributed by atoms with Crippen LogP contribution in [0.4, 0.5) is 0 Å². The van der Waals surface area contributed by atoms with E-state index in [0.29, 0.717) is 28.3 Å². The molecule has 2 aromatic carbocycles. The molecule has 150 valence electrons. The molecule has 0 radical (unpaired) electrons. The molecule has 0 fully saturated rings. The van der Waals surface area contributed by atoms with Gasteiger partial charge in [-0.15, -0.1) is 10.2 Å². The second kappa shape index (κ2) is 7.18. The van der Waals surface area contributed by atoms with Gasteiger partial charge in [0.2, 0.25) is 10.0 Å². The van der Waals surface area contributed by atoms with Crippen LogP contribution in [0.25, 0.3) is 27.7 Å². The molecule has 0 unspecified atom stereocenters. The van der Waals surface area contributed by atoms with Gasteiger partial charge in [0.05, 0.1) is 16.7 Å². The molecule has 2 heterocycles. The third-order valence-corrected chi connectivity index (χ3v) is 6.31. The Morgan fingerprint density at radius 2 is 1.83 bits per heavy atom. The first-order valence-electron chi connectivity index (χ1n) is 9.17. The Bertz CT molecular complexity index is 1330. The highest BCUT2D eigenvalue weighted by atomic mass is 32.2. The molecule has 0 aliphatic heterocycles. The molecular weight excluding hydrogens is 390 g/mol. The summed E-state index contributed by atoms with van der Waals surface area (Å²) in [5.74, 6) is 0.644. The number of rotatable bonds is 5. The minimum Gasteiger partial charge on any atom is -0.392 e. The summed E-state index contributed by atoms with van der Waals surface area (Å²) in [5.41, 5.74) is 2.57. The maximum atomic E-state index is 12.8. The summed E-state index contributed by atoms with van der Waals surface area (Å²) in [5, 5.41) is 24.2. The van der Waals surface area contributed by atoms with Crippen LogP contribution in [-0.2, 0) is 10.0 Å². The van der Waals surface area contributed by atoms with Gasteiger partial charge in [-0.25, -0.2) is 13.1 Å². The second-order valence-corrected chi connectivity index (χ2v) is 8.79. The summed E-state index contributed by atoms with van der Waals surface area (Å²) < 4.78 is 29.6. The maximum absolute atomic E-state index is 12.8. The number of aryl methyl sites for hydroxylation is 2. The van der Waals surface area contributed by atoms with Crippen molar-refractivity contribution in [3.63, 3.8) is 0 Å². The average molecular weight is 411 g/mol. The summed E-state index contributed by atoms with van der Waals surface area (Å²) >= 11 is 0. The molecule has 0 amide bonds. The van der Waals surface area contributed by atoms with Gasteiger partial charge in [0.25, 0.3) is 0 Å². The predicted molar refractivity (Wildman–Crippen MR) is 110 cm³/mol. The molecule has 2 aromatic heterocycles. The lowest BCUT2D eigenvalue weighted by Crippen LogP contribution is -2.31. The highest BCUT2D eigenvalue weighted by Crippen LogP contribution is 2.31. The van der Waals surface area contributed by atoms with Crippen molar-refractivity contribution in [2.45, 2.75) is 31.8 Å². The van der Waals surface area contributed by atoms with Gasteiger partial charge in [-0.05, 0) is 32.4 Å². The topological polar surface area (TPSA) is 109 Å². The largest absolute Gasteiger partial charge is 0.392 e. The Hall–Kier alpha value is -2.88. The smallest absolute Gasteiger partial charge is 0.240 e. The SMILES string of the molecule is Cc1ccc(-c2nn3c(C)nnc3c3ccccc23)cc1S(=O)(=O)NC[C@@H](C)O. The van der Waals surface area contributed by atoms with E-state index >= 15 is 0 Å². The molecule has 2 N–H and O–H groups in total. The van der Waals surface area contributed by atoms with Gasteiger partial charge in [-0.2, -0.15) is 9.61 Å². The molecule has 0 aliphatic rings. The van der Waals surface area contributed by atoms with E-state index in [4.69, 9.17) is 5.10 Å². The highest BCUT2D eigenvalue weighted by molar-refractivity contribution is 7.89. The van der Waals surface area contributed by atoms with Crippen molar-refractivity contribution in [3.8, 4) is 11.3 Å². The van der Waals surface area contributed by atoms with Crippen LogP contribution >= 0.6 is 0 Å². The molecule has 29 heavy (non-hydrogen) atoms. The van der Waals surface area contributed by atoms with Gasteiger partial charge in [0.15, 0.2) is 11.5 Å². The Labute approximate surface area is 168 Å². The lowest BCUT2D eigenvalue weighted by molar-refractivity contribution is 0.198. The van der Waals surface area contributed by atoms with Crippen molar-refractivity contribution >= 4 is 26.4 Å². The van der Waals surface area contributed by atoms with Crippen molar-refractivity contribution in [2.75, 3.05) is 6.54 Å². The predicted octanol–water partition coefficient (Wildman–Crippen LogP) is 2.22. The monoisotopic (exact) mass is 411 g/mol. The first-order chi connectivity index (χ1) is 13.8. The van der Waals surface area contributed by atoms with Crippen LogP contribution in [0, 0.1) is 13.8 Å². The molecule has 0 saturated heterocycles. The van der Waals surface area contributed by atoms with Gasteiger partial charge in [-0.1, -0.05) is 36.4 Å². The van der Waals surface area contributed by atoms with E-state index in [0.717, 1.165) is 10.8 Å². The highest BCUT2D eigenvalue weighted by Gasteiger charge is 2.20. The first-order valence-corrected chi connectivity index (χ1v) is 10.7. The van der Waals surface area contributed by atoms with E-state index in [2.05, 4.69) is 14.9 Å². The molecular formula is C20H21N5O3S. The minimum atomic E-state index is -3.78. The zero-order valence-corrected chi connectivity index (χ0v) is 17.1. The fourth-order valence-electron chi connectivity index (χ4n) is 3.24. The number of fused-ring (bicyclic) bond motifs is 3. The number of aliphatic hydroxyl groups is 1. The number of sulfonamides is 1. The summed E-state index contributed by atoms with van der Waals surface area (Å²) in [6.07, 6.45) is -0.780. The van der Waals surface area contributed by atoms with E-state index in [1.165, 1.54) is 6.92 Å². The zero-order chi connectivity index (χ0) is 20.8. The minimum absolute atomic E-state index is 0.0565. The molecule has 4 aromatic rings. The normalized spacial score (nSPS) is 13.2. The van der Waals surface area contributed by atoms with Crippen molar-refractivity contribution in [2.24, 2.45) is 0 Å². The summed E-state index contributed by atoms with van der Waals surface area (Å²) in [4.78, 5) is 0.155. The lowest BCUT2D eigenvalue weighted by Gasteiger charge is -2.13. The third-order valence-electron chi connectivity index (χ3n) is 4.74. The van der Waals surface area contributed by atoms with Gasteiger partial charge in [0.1, 0.15) is 0 Å². The van der Waals surface area contributed by atoms with E-state index in [1.807, 2.05) is 37.3 Å². The Morgan fingerprint density at radius 3 is 2.55 bits per heavy atom. The standard InChI is InChI=1S/C20H21N5O3S/c1-12-8-9-15(10-18(12)29(27,28)21-11-13(2)26)19-16-6-4-5-7-17(16)20-23-22-14(3)25(20)24-19/h4-10,13,21,26H,11H2,1-3H3/t13-/m1/s1. The third kappa shape index (κ3) is 3.48. The van der Waals surface area contributed by atoms with Crippen LogP contribution in [0.2, 0.25) is 0 Å². The van der Waals surface area contributed by atoms with E-state index in [9.17, 15) is 13.5 Å². The number of benzene rings is 2. The summed E-state index contributed by atoms with van der Waals surface area (Å²) in [6.45, 7) is 5.02. The van der Waals surface area contributed by atoms with Crippen LogP contribution in [0.1, 0.15) is 18.3 Å². The number of hydrogen-bond acceptors (Lipinski definition) is 6. The number of nitrogens with one attached hydrogen (secondary N) is 1. The number of nitrogens with zero attached hydrogens (tertiary/aromatic N) is 4. The zero-order valence-electron chi connectivity index (χ0n) is 16.3. The molecule has 0 bridgehead atoms. The quantitative estimate of drug-likeness (QED) is 0.521. The van der Waals surface area contributed by atoms with Gasteiger partial charge in [0, 0.05) is 22.9 Å². The Kier molecular flexibility index (Phi) is 4.81. The molecule has 1 atom stereocenters. The Balaban J connectivity index is 1.93. The number of aromatic nitrogens is 4. The maximum Gasteiger partial charge on any atom is 0.240 e. The molecule has 0 aliphatic carbocycles. The molecule has 0 spiro atoms. The van der Waals surface area contributed by atoms with Gasteiger partial charge in [-0.3, -0.25) is 0 Å². The van der Waals surface area contributed by atoms with Gasteiger partial charge < -0.3 is 5.11 Å². The van der Waals surface area contributed by atoms with Crippen molar-refractivity contribution in [3.05, 3.63) is 53.9 Å². The van der Waals surface area contributed by atoms with Crippen LogP contribution in [0.3, 0.4) is 0 Å². The summed E-state index contributed by atoms with van der Waals surface area (Å²) in [6, 6.07) is 12.9. The lowest BCUT2D eigenvalue weighted by atomic mass is 10.0. The molecule has 4 rings (SSSR count). The van der Waals surface area contributed by atoms with Crippen molar-refractivity contribution < 1.29 is 13.5 Å². The second-order valence-electron chi connectivity index (χ2n) is 7.06. The molecule has 9 heteroatoms. The van der Waals surface area contributed by atoms with Crippen molar-refractivity contribution in [1.29, 1.82) is 0 Å². The van der Waals surface area contributed by atoms with Crippen LogP contribution in [0.15, 0.2) is 47.4 Å². The number of hydrogen-bond donors (Lipinski definition) is 2. The average Bonchev–Trinajstić information content (AvgIpc) is 3.07. The summed E-state index contributed by atoms with van der Waals surface area (Å²) in [7, 11) is -3.78. The van der Waals surface area contributed by atoms with Crippen LogP contribution in [-0.4, -0.2) is 46.0 Å². The fourth-order valence-corrected chi connectivity index (χ4v) is 4.63.